The smallest absolute Gasteiger partial charge is 0.410 e. The van der Waals surface area contributed by atoms with Gasteiger partial charge in [-0.25, -0.2) is 4.79 Å². The number of fused-ring (bicyclic) bond motifs is 1. The summed E-state index contributed by atoms with van der Waals surface area (Å²) >= 11 is 0. The van der Waals surface area contributed by atoms with E-state index >= 15 is 0 Å². The molecule has 7 nitrogen and oxygen atoms in total. The zero-order chi connectivity index (χ0) is 19.9. The molecule has 1 fully saturated rings. The molecule has 3 rings (SSSR count). The van der Waals surface area contributed by atoms with E-state index in [1.165, 1.54) is 0 Å². The lowest BCUT2D eigenvalue weighted by Crippen LogP contribution is -2.52. The Labute approximate surface area is 163 Å². The predicted molar refractivity (Wildman–Crippen MR) is 105 cm³/mol. The van der Waals surface area contributed by atoms with Gasteiger partial charge in [0.05, 0.1) is 6.54 Å². The van der Waals surface area contributed by atoms with Crippen LogP contribution in [0.4, 0.5) is 4.79 Å². The van der Waals surface area contributed by atoms with Crippen LogP contribution >= 0.6 is 0 Å². The average molecular weight is 381 g/mol. The van der Waals surface area contributed by atoms with Gasteiger partial charge in [-0.3, -0.25) is 9.59 Å². The summed E-state index contributed by atoms with van der Waals surface area (Å²) in [6, 6.07) is 14.0. The molecule has 1 heterocycles. The minimum atomic E-state index is -0.389. The largest absolute Gasteiger partial charge is 0.445 e. The second-order valence-corrected chi connectivity index (χ2v) is 6.53. The molecule has 1 aliphatic heterocycles. The van der Waals surface area contributed by atoms with Gasteiger partial charge in [0.2, 0.25) is 11.8 Å². The molecule has 0 unspecified atom stereocenters. The number of piperazine rings is 1. The van der Waals surface area contributed by atoms with E-state index in [1.54, 1.807) is 9.80 Å². The van der Waals surface area contributed by atoms with Gasteiger partial charge in [-0.2, -0.15) is 0 Å². The first kappa shape index (κ1) is 19.4. The third-order valence-corrected chi connectivity index (χ3v) is 4.67. The van der Waals surface area contributed by atoms with E-state index in [0.29, 0.717) is 26.2 Å². The summed E-state index contributed by atoms with van der Waals surface area (Å²) in [4.78, 5) is 38.7. The highest BCUT2D eigenvalue weighted by Crippen LogP contribution is 2.16. The minimum Gasteiger partial charge on any atom is -0.445 e. The number of hydrogen-bond donors (Lipinski definition) is 1. The molecular weight excluding hydrogens is 358 g/mol. The number of hydrogen-bond acceptors (Lipinski definition) is 4. The molecule has 0 aromatic heterocycles. The highest BCUT2D eigenvalue weighted by Gasteiger charge is 2.25. The molecule has 7 heteroatoms. The summed E-state index contributed by atoms with van der Waals surface area (Å²) in [6.07, 6.45) is 0.733. The van der Waals surface area contributed by atoms with Gasteiger partial charge < -0.3 is 19.9 Å². The number of nitrogens with one attached hydrogen (secondary N) is 1. The molecule has 0 saturated carbocycles. The van der Waals surface area contributed by atoms with E-state index in [-0.39, 0.29) is 31.1 Å². The zero-order valence-corrected chi connectivity index (χ0v) is 15.6. The fourth-order valence-corrected chi connectivity index (χ4v) is 3.05. The Morgan fingerprint density at radius 2 is 1.68 bits per heavy atom. The lowest BCUT2D eigenvalue weighted by molar-refractivity contribution is -0.133. The molecule has 0 bridgehead atoms. The lowest BCUT2D eigenvalue weighted by Gasteiger charge is -2.34. The van der Waals surface area contributed by atoms with E-state index in [4.69, 9.17) is 4.74 Å². The number of carbonyl (C=O) groups is 3. The van der Waals surface area contributed by atoms with Crippen molar-refractivity contribution in [3.8, 4) is 0 Å². The average Bonchev–Trinajstić information content (AvgIpc) is 2.75. The maximum atomic E-state index is 12.3. The molecule has 28 heavy (non-hydrogen) atoms. The number of ether oxygens (including phenoxy) is 1. The first-order chi connectivity index (χ1) is 13.6. The summed E-state index contributed by atoms with van der Waals surface area (Å²) in [5.74, 6) is -0.566. The van der Waals surface area contributed by atoms with Crippen molar-refractivity contribution in [2.75, 3.05) is 32.7 Å². The molecule has 3 amide bonds. The van der Waals surface area contributed by atoms with Crippen molar-refractivity contribution in [1.82, 2.24) is 15.1 Å². The van der Waals surface area contributed by atoms with Crippen LogP contribution in [0.1, 0.15) is 5.56 Å². The van der Waals surface area contributed by atoms with Crippen molar-refractivity contribution in [3.63, 3.8) is 0 Å². The fraction of sp³-hybridized carbons (Fsp3) is 0.286. The predicted octanol–water partition coefficient (Wildman–Crippen LogP) is 1.92. The number of nitrogens with zero attached hydrogens (tertiary/aromatic N) is 2. The normalized spacial score (nSPS) is 13.9. The Kier molecular flexibility index (Phi) is 6.26. The van der Waals surface area contributed by atoms with Crippen molar-refractivity contribution >= 4 is 28.7 Å². The Hall–Kier alpha value is -3.35. The van der Waals surface area contributed by atoms with Gasteiger partial charge in [0.1, 0.15) is 6.61 Å². The van der Waals surface area contributed by atoms with Crippen LogP contribution in [0.3, 0.4) is 0 Å². The molecule has 0 spiro atoms. The monoisotopic (exact) mass is 381 g/mol. The van der Waals surface area contributed by atoms with Crippen LogP contribution in [-0.4, -0.2) is 60.4 Å². The number of rotatable bonds is 5. The summed E-state index contributed by atoms with van der Waals surface area (Å²) in [5.41, 5.74) is 0.929. The first-order valence-corrected chi connectivity index (χ1v) is 9.14. The highest BCUT2D eigenvalue weighted by atomic mass is 16.6. The highest BCUT2D eigenvalue weighted by molar-refractivity contribution is 5.90. The molecule has 146 valence electrons. The van der Waals surface area contributed by atoms with Gasteiger partial charge in [0.15, 0.2) is 0 Å². The van der Waals surface area contributed by atoms with Crippen molar-refractivity contribution in [2.24, 2.45) is 0 Å². The maximum Gasteiger partial charge on any atom is 0.410 e. The van der Waals surface area contributed by atoms with E-state index in [9.17, 15) is 14.4 Å². The standard InChI is InChI=1S/C21H23N3O4/c1-2-19(25)22-14-20(26)23-9-11-24(12-10-23)21(27)28-15-16-7-8-17-5-3-4-6-18(17)13-16/h2-8,13H,1,9-12,14-15H2,(H,22,25). The van der Waals surface area contributed by atoms with Crippen LogP contribution in [0, 0.1) is 0 Å². The topological polar surface area (TPSA) is 79.0 Å². The summed E-state index contributed by atoms with van der Waals surface area (Å²) < 4.78 is 5.42. The molecule has 1 aliphatic rings. The lowest BCUT2D eigenvalue weighted by atomic mass is 10.1. The summed E-state index contributed by atoms with van der Waals surface area (Å²) in [6.45, 7) is 5.09. The van der Waals surface area contributed by atoms with Crippen molar-refractivity contribution in [2.45, 2.75) is 6.61 Å². The van der Waals surface area contributed by atoms with E-state index in [1.807, 2.05) is 42.5 Å². The number of carbonyl (C=O) groups excluding carboxylic acids is 3. The van der Waals surface area contributed by atoms with Crippen LogP contribution < -0.4 is 5.32 Å². The number of amides is 3. The van der Waals surface area contributed by atoms with Crippen molar-refractivity contribution in [1.29, 1.82) is 0 Å². The van der Waals surface area contributed by atoms with Gasteiger partial charge in [-0.15, -0.1) is 0 Å². The van der Waals surface area contributed by atoms with Crippen molar-refractivity contribution < 1.29 is 19.1 Å². The van der Waals surface area contributed by atoms with Crippen LogP contribution in [-0.2, 0) is 20.9 Å². The number of benzene rings is 2. The Morgan fingerprint density at radius 1 is 1.00 bits per heavy atom. The minimum absolute atomic E-state index is 0.0722. The zero-order valence-electron chi connectivity index (χ0n) is 15.6. The van der Waals surface area contributed by atoms with Gasteiger partial charge >= 0.3 is 6.09 Å². The maximum absolute atomic E-state index is 12.3. The first-order valence-electron chi connectivity index (χ1n) is 9.14. The molecule has 1 N–H and O–H groups in total. The van der Waals surface area contributed by atoms with Crippen LogP contribution in [0.2, 0.25) is 0 Å². The Bertz CT molecular complexity index is 888. The SMILES string of the molecule is C=CC(=O)NCC(=O)N1CCN(C(=O)OCc2ccc3ccccc3c2)CC1. The Morgan fingerprint density at radius 3 is 2.39 bits per heavy atom. The molecule has 0 atom stereocenters. The van der Waals surface area contributed by atoms with Crippen LogP contribution in [0.25, 0.3) is 10.8 Å². The molecule has 0 aliphatic carbocycles. The summed E-state index contributed by atoms with van der Waals surface area (Å²) in [7, 11) is 0. The quantitative estimate of drug-likeness (QED) is 0.803. The molecule has 2 aromatic carbocycles. The third-order valence-electron chi connectivity index (χ3n) is 4.67. The van der Waals surface area contributed by atoms with Gasteiger partial charge in [-0.1, -0.05) is 43.0 Å². The van der Waals surface area contributed by atoms with E-state index < -0.39 is 0 Å². The van der Waals surface area contributed by atoms with E-state index in [2.05, 4.69) is 11.9 Å². The van der Waals surface area contributed by atoms with Crippen LogP contribution in [0.5, 0.6) is 0 Å². The van der Waals surface area contributed by atoms with Gasteiger partial charge in [0.25, 0.3) is 0 Å². The molecular formula is C21H23N3O4. The van der Waals surface area contributed by atoms with Crippen molar-refractivity contribution in [3.05, 3.63) is 60.7 Å². The van der Waals surface area contributed by atoms with E-state index in [0.717, 1.165) is 22.4 Å². The Balaban J connectivity index is 1.45. The van der Waals surface area contributed by atoms with Gasteiger partial charge in [-0.05, 0) is 28.5 Å². The second-order valence-electron chi connectivity index (χ2n) is 6.53. The van der Waals surface area contributed by atoms with Crippen LogP contribution in [0.15, 0.2) is 55.1 Å². The molecule has 1 saturated heterocycles. The fourth-order valence-electron chi connectivity index (χ4n) is 3.05. The second kappa shape index (κ2) is 9.03. The molecule has 0 radical (unpaired) electrons. The third kappa shape index (κ3) is 4.88. The molecule has 2 aromatic rings. The van der Waals surface area contributed by atoms with Gasteiger partial charge in [0, 0.05) is 26.2 Å². The summed E-state index contributed by atoms with van der Waals surface area (Å²) in [5, 5.41) is 4.71.